The summed E-state index contributed by atoms with van der Waals surface area (Å²) in [6.45, 7) is 0.169. The van der Waals surface area contributed by atoms with Gasteiger partial charge in [-0.1, -0.05) is 51.3 Å². The minimum atomic E-state index is -0.530. The van der Waals surface area contributed by atoms with E-state index < -0.39 is 5.97 Å². The Bertz CT molecular complexity index is 602. The van der Waals surface area contributed by atoms with E-state index in [9.17, 15) is 4.79 Å². The maximum absolute atomic E-state index is 11.9. The normalized spacial score (nSPS) is 10.3. The molecule has 2 rings (SSSR count). The third kappa shape index (κ3) is 3.93. The molecule has 0 aliphatic carbocycles. The van der Waals surface area contributed by atoms with Crippen molar-refractivity contribution >= 4 is 45.1 Å². The van der Waals surface area contributed by atoms with Crippen LogP contribution in [0.25, 0.3) is 0 Å². The molecule has 0 bridgehead atoms. The number of esters is 1. The monoisotopic (exact) mass is 359 g/mol. The molecule has 0 spiro atoms. The summed E-state index contributed by atoms with van der Waals surface area (Å²) < 4.78 is 6.13. The zero-order valence-corrected chi connectivity index (χ0v) is 12.7. The van der Waals surface area contributed by atoms with Crippen molar-refractivity contribution in [1.82, 2.24) is 4.98 Å². The van der Waals surface area contributed by atoms with Crippen LogP contribution in [-0.4, -0.2) is 11.0 Å². The summed E-state index contributed by atoms with van der Waals surface area (Å²) in [5, 5.41) is 0.408. The highest BCUT2D eigenvalue weighted by atomic mass is 79.9. The van der Waals surface area contributed by atoms with Crippen molar-refractivity contribution in [2.45, 2.75) is 6.61 Å². The average Bonchev–Trinajstić information content (AvgIpc) is 2.40. The molecule has 1 aromatic heterocycles. The molecule has 1 aromatic carbocycles. The van der Waals surface area contributed by atoms with Crippen molar-refractivity contribution in [3.05, 3.63) is 62.3 Å². The highest BCUT2D eigenvalue weighted by Gasteiger charge is 2.13. The lowest BCUT2D eigenvalue weighted by atomic mass is 10.2. The molecule has 0 saturated heterocycles. The Kier molecular flexibility index (Phi) is 4.80. The van der Waals surface area contributed by atoms with Crippen LogP contribution in [0.15, 0.2) is 41.0 Å². The van der Waals surface area contributed by atoms with Gasteiger partial charge in [0.2, 0.25) is 0 Å². The van der Waals surface area contributed by atoms with Gasteiger partial charge in [-0.3, -0.25) is 0 Å². The molecular formula is C13H8BrCl2NO2. The first-order chi connectivity index (χ1) is 9.06. The number of carbonyl (C=O) groups excluding carboxylic acids is 1. The van der Waals surface area contributed by atoms with E-state index in [-0.39, 0.29) is 22.3 Å². The number of hydrogen-bond acceptors (Lipinski definition) is 3. The zero-order chi connectivity index (χ0) is 13.8. The van der Waals surface area contributed by atoms with E-state index in [1.54, 1.807) is 0 Å². The van der Waals surface area contributed by atoms with Crippen LogP contribution in [-0.2, 0) is 11.3 Å². The highest BCUT2D eigenvalue weighted by Crippen LogP contribution is 2.19. The van der Waals surface area contributed by atoms with E-state index in [4.69, 9.17) is 27.9 Å². The Balaban J connectivity index is 2.05. The Morgan fingerprint density at radius 3 is 2.63 bits per heavy atom. The summed E-state index contributed by atoms with van der Waals surface area (Å²) in [6.07, 6.45) is 1.32. The molecule has 3 nitrogen and oxygen atoms in total. The predicted octanol–water partition coefficient (Wildman–Crippen LogP) is 4.51. The Morgan fingerprint density at radius 2 is 1.95 bits per heavy atom. The fourth-order valence-electron chi connectivity index (χ4n) is 1.38. The van der Waals surface area contributed by atoms with Crippen molar-refractivity contribution < 1.29 is 9.53 Å². The zero-order valence-electron chi connectivity index (χ0n) is 9.57. The van der Waals surface area contributed by atoms with Gasteiger partial charge in [0.1, 0.15) is 11.8 Å². The first kappa shape index (κ1) is 14.3. The van der Waals surface area contributed by atoms with E-state index in [1.807, 2.05) is 24.3 Å². The molecule has 2 aromatic rings. The van der Waals surface area contributed by atoms with Crippen LogP contribution in [0.1, 0.15) is 15.9 Å². The Hall–Kier alpha value is -1.10. The van der Waals surface area contributed by atoms with Gasteiger partial charge in [0.25, 0.3) is 0 Å². The number of aromatic nitrogens is 1. The largest absolute Gasteiger partial charge is 0.457 e. The van der Waals surface area contributed by atoms with Gasteiger partial charge in [-0.05, 0) is 23.8 Å². The molecule has 0 unspecified atom stereocenters. The van der Waals surface area contributed by atoms with Crippen molar-refractivity contribution in [1.29, 1.82) is 0 Å². The predicted molar refractivity (Wildman–Crippen MR) is 77.5 cm³/mol. The standard InChI is InChI=1S/C13H8BrCl2NO2/c14-9-3-1-8(2-4-9)7-19-13(18)10-5-12(16)17-6-11(10)15/h1-6H,7H2. The lowest BCUT2D eigenvalue weighted by Crippen LogP contribution is -2.06. The topological polar surface area (TPSA) is 39.2 Å². The van der Waals surface area contributed by atoms with Crippen LogP contribution in [0.3, 0.4) is 0 Å². The average molecular weight is 361 g/mol. The maximum Gasteiger partial charge on any atom is 0.340 e. The van der Waals surface area contributed by atoms with Gasteiger partial charge >= 0.3 is 5.97 Å². The first-order valence-corrected chi connectivity index (χ1v) is 6.84. The molecule has 0 radical (unpaired) electrons. The van der Waals surface area contributed by atoms with Crippen LogP contribution < -0.4 is 0 Å². The smallest absolute Gasteiger partial charge is 0.340 e. The lowest BCUT2D eigenvalue weighted by molar-refractivity contribution is 0.0473. The first-order valence-electron chi connectivity index (χ1n) is 5.29. The molecular weight excluding hydrogens is 353 g/mol. The molecule has 0 N–H and O–H groups in total. The Morgan fingerprint density at radius 1 is 1.26 bits per heavy atom. The molecule has 0 saturated carbocycles. The SMILES string of the molecule is O=C(OCc1ccc(Br)cc1)c1cc(Cl)ncc1Cl. The van der Waals surface area contributed by atoms with Crippen molar-refractivity contribution in [3.8, 4) is 0 Å². The molecule has 6 heteroatoms. The lowest BCUT2D eigenvalue weighted by Gasteiger charge is -2.06. The quantitative estimate of drug-likeness (QED) is 0.597. The summed E-state index contributed by atoms with van der Waals surface area (Å²) in [6, 6.07) is 8.85. The highest BCUT2D eigenvalue weighted by molar-refractivity contribution is 9.10. The molecule has 0 fully saturated rings. The number of benzene rings is 1. The number of halogens is 3. The van der Waals surface area contributed by atoms with E-state index in [0.29, 0.717) is 0 Å². The van der Waals surface area contributed by atoms with Gasteiger partial charge in [-0.15, -0.1) is 0 Å². The molecule has 0 amide bonds. The molecule has 1 heterocycles. The van der Waals surface area contributed by atoms with Gasteiger partial charge in [-0.2, -0.15) is 0 Å². The number of ether oxygens (including phenoxy) is 1. The van der Waals surface area contributed by atoms with E-state index in [2.05, 4.69) is 20.9 Å². The van der Waals surface area contributed by atoms with E-state index in [0.717, 1.165) is 10.0 Å². The second-order valence-corrected chi connectivity index (χ2v) is 5.40. The molecule has 0 atom stereocenters. The number of carbonyl (C=O) groups is 1. The summed E-state index contributed by atoms with van der Waals surface area (Å²) in [4.78, 5) is 15.6. The van der Waals surface area contributed by atoms with E-state index in [1.165, 1.54) is 12.3 Å². The second-order valence-electron chi connectivity index (χ2n) is 3.69. The van der Waals surface area contributed by atoms with Crippen LogP contribution in [0.5, 0.6) is 0 Å². The van der Waals surface area contributed by atoms with Crippen LogP contribution in [0.4, 0.5) is 0 Å². The van der Waals surface area contributed by atoms with Crippen molar-refractivity contribution in [2.75, 3.05) is 0 Å². The fourth-order valence-corrected chi connectivity index (χ4v) is 1.98. The molecule has 19 heavy (non-hydrogen) atoms. The summed E-state index contributed by atoms with van der Waals surface area (Å²) in [5.41, 5.74) is 1.09. The van der Waals surface area contributed by atoms with Crippen LogP contribution in [0.2, 0.25) is 10.2 Å². The maximum atomic E-state index is 11.9. The van der Waals surface area contributed by atoms with Gasteiger partial charge in [-0.25, -0.2) is 9.78 Å². The van der Waals surface area contributed by atoms with Crippen LogP contribution in [0, 0.1) is 0 Å². The van der Waals surface area contributed by atoms with Crippen molar-refractivity contribution in [2.24, 2.45) is 0 Å². The third-order valence-corrected chi connectivity index (χ3v) is 3.36. The molecule has 98 valence electrons. The van der Waals surface area contributed by atoms with E-state index >= 15 is 0 Å². The number of rotatable bonds is 3. The summed E-state index contributed by atoms with van der Waals surface area (Å²) in [5.74, 6) is -0.530. The minimum Gasteiger partial charge on any atom is -0.457 e. The molecule has 0 aliphatic rings. The fraction of sp³-hybridized carbons (Fsp3) is 0.0769. The number of pyridine rings is 1. The van der Waals surface area contributed by atoms with Crippen molar-refractivity contribution in [3.63, 3.8) is 0 Å². The Labute approximate surface area is 128 Å². The molecule has 0 aliphatic heterocycles. The van der Waals surface area contributed by atoms with Gasteiger partial charge in [0.15, 0.2) is 0 Å². The summed E-state index contributed by atoms with van der Waals surface area (Å²) >= 11 is 14.9. The number of nitrogens with zero attached hydrogens (tertiary/aromatic N) is 1. The van der Waals surface area contributed by atoms with Gasteiger partial charge in [0.05, 0.1) is 10.6 Å². The third-order valence-electron chi connectivity index (χ3n) is 2.33. The number of hydrogen-bond donors (Lipinski definition) is 0. The van der Waals surface area contributed by atoms with Gasteiger partial charge in [0, 0.05) is 10.7 Å². The minimum absolute atomic E-state index is 0.169. The van der Waals surface area contributed by atoms with Gasteiger partial charge < -0.3 is 4.74 Å². The second kappa shape index (κ2) is 6.37. The summed E-state index contributed by atoms with van der Waals surface area (Å²) in [7, 11) is 0. The van der Waals surface area contributed by atoms with Crippen LogP contribution >= 0.6 is 39.1 Å².